The van der Waals surface area contributed by atoms with Crippen LogP contribution in [0.1, 0.15) is 24.0 Å². The third-order valence-corrected chi connectivity index (χ3v) is 5.39. The standard InChI is InChI=1S/C23H28FN3O2/c1-26(16-19-7-9-21(24)10-8-19)22(28)17-27-13-11-20(12-14-27)23(29)25-15-18-5-3-2-4-6-18/h2-10,20H,11-17H2,1H3,(H,25,29). The molecular weight excluding hydrogens is 369 g/mol. The number of carbonyl (C=O) groups excluding carboxylic acids is 2. The van der Waals surface area contributed by atoms with Crippen LogP contribution in [0.25, 0.3) is 0 Å². The second-order valence-electron chi connectivity index (χ2n) is 7.63. The molecule has 29 heavy (non-hydrogen) atoms. The molecule has 0 bridgehead atoms. The number of hydrogen-bond acceptors (Lipinski definition) is 3. The van der Waals surface area contributed by atoms with Crippen molar-refractivity contribution in [2.75, 3.05) is 26.7 Å². The molecule has 0 aromatic heterocycles. The first-order valence-electron chi connectivity index (χ1n) is 10.0. The minimum atomic E-state index is -0.279. The van der Waals surface area contributed by atoms with E-state index < -0.39 is 0 Å². The molecule has 1 N–H and O–H groups in total. The van der Waals surface area contributed by atoms with Gasteiger partial charge in [0, 0.05) is 26.1 Å². The lowest BCUT2D eigenvalue weighted by atomic mass is 9.96. The molecule has 2 amide bonds. The summed E-state index contributed by atoms with van der Waals surface area (Å²) in [7, 11) is 1.76. The van der Waals surface area contributed by atoms with Gasteiger partial charge in [0.05, 0.1) is 6.54 Å². The van der Waals surface area contributed by atoms with Gasteiger partial charge in [0.2, 0.25) is 11.8 Å². The quantitative estimate of drug-likeness (QED) is 0.782. The molecule has 1 aliphatic rings. The highest BCUT2D eigenvalue weighted by Gasteiger charge is 2.26. The minimum absolute atomic E-state index is 0.00186. The largest absolute Gasteiger partial charge is 0.352 e. The van der Waals surface area contributed by atoms with E-state index in [1.165, 1.54) is 12.1 Å². The van der Waals surface area contributed by atoms with Crippen molar-refractivity contribution in [3.63, 3.8) is 0 Å². The summed E-state index contributed by atoms with van der Waals surface area (Å²) in [5.74, 6) is -0.157. The maximum absolute atomic E-state index is 13.0. The molecule has 0 unspecified atom stereocenters. The first-order valence-corrected chi connectivity index (χ1v) is 10.0. The molecule has 0 aliphatic carbocycles. The highest BCUT2D eigenvalue weighted by atomic mass is 19.1. The molecule has 0 saturated carbocycles. The van der Waals surface area contributed by atoms with E-state index in [1.54, 1.807) is 24.1 Å². The van der Waals surface area contributed by atoms with Gasteiger partial charge < -0.3 is 10.2 Å². The SMILES string of the molecule is CN(Cc1ccc(F)cc1)C(=O)CN1CCC(C(=O)NCc2ccccc2)CC1. The molecule has 2 aromatic rings. The second-order valence-corrected chi connectivity index (χ2v) is 7.63. The molecule has 6 heteroatoms. The molecule has 5 nitrogen and oxygen atoms in total. The van der Waals surface area contributed by atoms with Crippen LogP contribution in [0.2, 0.25) is 0 Å². The van der Waals surface area contributed by atoms with Crippen molar-refractivity contribution in [3.05, 3.63) is 71.5 Å². The Bertz CT molecular complexity index is 803. The van der Waals surface area contributed by atoms with Crippen LogP contribution in [0.15, 0.2) is 54.6 Å². The van der Waals surface area contributed by atoms with E-state index in [4.69, 9.17) is 0 Å². The molecule has 2 aromatic carbocycles. The van der Waals surface area contributed by atoms with Gasteiger partial charge in [-0.2, -0.15) is 0 Å². The van der Waals surface area contributed by atoms with Crippen LogP contribution in [-0.4, -0.2) is 48.3 Å². The number of piperidine rings is 1. The number of nitrogens with zero attached hydrogens (tertiary/aromatic N) is 2. The predicted molar refractivity (Wildman–Crippen MR) is 110 cm³/mol. The minimum Gasteiger partial charge on any atom is -0.352 e. The average molecular weight is 397 g/mol. The van der Waals surface area contributed by atoms with E-state index in [0.717, 1.165) is 37.1 Å². The summed E-state index contributed by atoms with van der Waals surface area (Å²) in [6.45, 7) is 2.82. The van der Waals surface area contributed by atoms with Gasteiger partial charge in [-0.1, -0.05) is 42.5 Å². The molecule has 1 saturated heterocycles. The van der Waals surface area contributed by atoms with Crippen LogP contribution >= 0.6 is 0 Å². The lowest BCUT2D eigenvalue weighted by molar-refractivity contribution is -0.132. The Morgan fingerprint density at radius 3 is 2.34 bits per heavy atom. The highest BCUT2D eigenvalue weighted by Crippen LogP contribution is 2.18. The lowest BCUT2D eigenvalue weighted by Crippen LogP contribution is -2.44. The smallest absolute Gasteiger partial charge is 0.236 e. The Morgan fingerprint density at radius 2 is 1.69 bits per heavy atom. The summed E-state index contributed by atoms with van der Waals surface area (Å²) in [6.07, 6.45) is 1.52. The van der Waals surface area contributed by atoms with Gasteiger partial charge in [-0.3, -0.25) is 14.5 Å². The van der Waals surface area contributed by atoms with E-state index in [9.17, 15) is 14.0 Å². The summed E-state index contributed by atoms with van der Waals surface area (Å²) in [5.41, 5.74) is 1.99. The Hall–Kier alpha value is -2.73. The fourth-order valence-electron chi connectivity index (χ4n) is 3.55. The van der Waals surface area contributed by atoms with E-state index in [1.807, 2.05) is 30.3 Å². The molecule has 0 atom stereocenters. The molecule has 154 valence electrons. The van der Waals surface area contributed by atoms with Crippen LogP contribution in [0.3, 0.4) is 0 Å². The van der Waals surface area contributed by atoms with E-state index >= 15 is 0 Å². The van der Waals surface area contributed by atoms with Crippen LogP contribution in [0, 0.1) is 11.7 Å². The average Bonchev–Trinajstić information content (AvgIpc) is 2.75. The number of hydrogen-bond donors (Lipinski definition) is 1. The Balaban J connectivity index is 1.39. The van der Waals surface area contributed by atoms with Crippen molar-refractivity contribution in [3.8, 4) is 0 Å². The monoisotopic (exact) mass is 397 g/mol. The van der Waals surface area contributed by atoms with Crippen LogP contribution < -0.4 is 5.32 Å². The number of nitrogens with one attached hydrogen (secondary N) is 1. The third kappa shape index (κ3) is 6.39. The summed E-state index contributed by atoms with van der Waals surface area (Å²) in [4.78, 5) is 28.7. The fraction of sp³-hybridized carbons (Fsp3) is 0.391. The zero-order chi connectivity index (χ0) is 20.6. The van der Waals surface area contributed by atoms with E-state index in [-0.39, 0.29) is 23.5 Å². The molecule has 1 aliphatic heterocycles. The summed E-state index contributed by atoms with van der Waals surface area (Å²) < 4.78 is 13.0. The number of rotatable bonds is 7. The van der Waals surface area contributed by atoms with Crippen molar-refractivity contribution in [2.24, 2.45) is 5.92 Å². The van der Waals surface area contributed by atoms with Crippen LogP contribution in [0.5, 0.6) is 0 Å². The van der Waals surface area contributed by atoms with Gasteiger partial charge in [0.1, 0.15) is 5.82 Å². The first kappa shape index (κ1) is 21.0. The van der Waals surface area contributed by atoms with Gasteiger partial charge in [0.15, 0.2) is 0 Å². The molecule has 1 heterocycles. The van der Waals surface area contributed by atoms with Crippen molar-refractivity contribution >= 4 is 11.8 Å². The number of halogens is 1. The Morgan fingerprint density at radius 1 is 1.03 bits per heavy atom. The highest BCUT2D eigenvalue weighted by molar-refractivity contribution is 5.79. The number of likely N-dealkylation sites (N-methyl/N-ethyl adjacent to an activating group) is 1. The van der Waals surface area contributed by atoms with Crippen molar-refractivity contribution < 1.29 is 14.0 Å². The van der Waals surface area contributed by atoms with Crippen molar-refractivity contribution in [1.29, 1.82) is 0 Å². The summed E-state index contributed by atoms with van der Waals surface area (Å²) in [6, 6.07) is 16.1. The van der Waals surface area contributed by atoms with E-state index in [2.05, 4.69) is 10.2 Å². The van der Waals surface area contributed by atoms with E-state index in [0.29, 0.717) is 19.6 Å². The van der Waals surface area contributed by atoms with Gasteiger partial charge in [0.25, 0.3) is 0 Å². The number of amides is 2. The Kier molecular flexibility index (Phi) is 7.36. The van der Waals surface area contributed by atoms with Gasteiger partial charge in [-0.15, -0.1) is 0 Å². The topological polar surface area (TPSA) is 52.7 Å². The van der Waals surface area contributed by atoms with Gasteiger partial charge in [-0.05, 0) is 49.2 Å². The number of likely N-dealkylation sites (tertiary alicyclic amines) is 1. The second kappa shape index (κ2) is 10.2. The number of carbonyl (C=O) groups is 2. The molecule has 0 spiro atoms. The first-order chi connectivity index (χ1) is 14.0. The van der Waals surface area contributed by atoms with Crippen molar-refractivity contribution in [2.45, 2.75) is 25.9 Å². The molecule has 1 fully saturated rings. The fourth-order valence-corrected chi connectivity index (χ4v) is 3.55. The van der Waals surface area contributed by atoms with Gasteiger partial charge in [-0.25, -0.2) is 4.39 Å². The lowest BCUT2D eigenvalue weighted by Gasteiger charge is -2.32. The maximum atomic E-state index is 13.0. The van der Waals surface area contributed by atoms with Gasteiger partial charge >= 0.3 is 0 Å². The maximum Gasteiger partial charge on any atom is 0.236 e. The Labute approximate surface area is 171 Å². The summed E-state index contributed by atoms with van der Waals surface area (Å²) in [5, 5.41) is 3.01. The third-order valence-electron chi connectivity index (χ3n) is 5.39. The van der Waals surface area contributed by atoms with Crippen LogP contribution in [0.4, 0.5) is 4.39 Å². The zero-order valence-electron chi connectivity index (χ0n) is 16.8. The summed E-state index contributed by atoms with van der Waals surface area (Å²) >= 11 is 0. The molecule has 3 rings (SSSR count). The molecule has 0 radical (unpaired) electrons. The van der Waals surface area contributed by atoms with Crippen LogP contribution in [-0.2, 0) is 22.7 Å². The predicted octanol–water partition coefficient (Wildman–Crippen LogP) is 2.81. The molecular formula is C23H28FN3O2. The van der Waals surface area contributed by atoms with Crippen molar-refractivity contribution in [1.82, 2.24) is 15.1 Å². The normalized spacial score (nSPS) is 15.1. The number of benzene rings is 2. The zero-order valence-corrected chi connectivity index (χ0v) is 16.8.